The molecule has 1 aromatic carbocycles. The van der Waals surface area contributed by atoms with Gasteiger partial charge in [-0.2, -0.15) is 0 Å². The highest BCUT2D eigenvalue weighted by Crippen LogP contribution is 2.31. The number of hydrogen-bond acceptors (Lipinski definition) is 4. The average Bonchev–Trinajstić information content (AvgIpc) is 2.80. The second-order valence-corrected chi connectivity index (χ2v) is 9.33. The van der Waals surface area contributed by atoms with Crippen molar-refractivity contribution in [3.8, 4) is 0 Å². The van der Waals surface area contributed by atoms with Crippen LogP contribution in [-0.4, -0.2) is 60.0 Å². The number of likely N-dealkylation sites (N-methyl/N-ethyl adjacent to an activating group) is 1. The van der Waals surface area contributed by atoms with Crippen molar-refractivity contribution in [1.82, 2.24) is 20.1 Å². The van der Waals surface area contributed by atoms with Crippen LogP contribution in [0.3, 0.4) is 0 Å². The summed E-state index contributed by atoms with van der Waals surface area (Å²) in [6.45, 7) is 5.27. The predicted octanol–water partition coefficient (Wildman–Crippen LogP) is 3.78. The molecule has 6 heteroatoms. The summed E-state index contributed by atoms with van der Waals surface area (Å²) in [5.41, 5.74) is 2.45. The molecule has 0 saturated carbocycles. The molecular weight excluding hydrogens is 420 g/mol. The monoisotopic (exact) mass is 456 g/mol. The first-order chi connectivity index (χ1) is 15.2. The molecule has 1 aromatic heterocycles. The molecule has 2 aliphatic rings. The van der Waals surface area contributed by atoms with E-state index >= 15 is 0 Å². The lowest BCUT2D eigenvalue weighted by molar-refractivity contribution is -0.130. The number of halogens is 1. The first-order valence-electron chi connectivity index (χ1n) is 11.8. The van der Waals surface area contributed by atoms with E-state index in [4.69, 9.17) is 0 Å². The van der Waals surface area contributed by atoms with Crippen LogP contribution in [0.25, 0.3) is 0 Å². The third kappa shape index (κ3) is 7.03. The normalized spacial score (nSPS) is 22.7. The molecule has 4 rings (SSSR count). The number of nitrogens with one attached hydrogen (secondary N) is 1. The molecular formula is C26H37ClN4O. The number of likely N-dealkylation sites (tertiary alicyclic amines) is 1. The molecule has 174 valence electrons. The van der Waals surface area contributed by atoms with Crippen molar-refractivity contribution in [2.75, 3.05) is 33.2 Å². The van der Waals surface area contributed by atoms with E-state index in [1.54, 1.807) is 0 Å². The summed E-state index contributed by atoms with van der Waals surface area (Å²) in [4.78, 5) is 21.4. The highest BCUT2D eigenvalue weighted by Gasteiger charge is 2.36. The van der Waals surface area contributed by atoms with Gasteiger partial charge in [-0.25, -0.2) is 0 Å². The largest absolute Gasteiger partial charge is 0.345 e. The Labute approximate surface area is 199 Å². The number of carbonyl (C=O) groups is 1. The lowest BCUT2D eigenvalue weighted by atomic mass is 9.79. The molecule has 0 aliphatic carbocycles. The van der Waals surface area contributed by atoms with Crippen LogP contribution in [0.15, 0.2) is 54.7 Å². The Kier molecular flexibility index (Phi) is 9.51. The number of aromatic nitrogens is 1. The molecule has 2 aromatic rings. The summed E-state index contributed by atoms with van der Waals surface area (Å²) >= 11 is 0. The molecule has 3 atom stereocenters. The predicted molar refractivity (Wildman–Crippen MR) is 132 cm³/mol. The van der Waals surface area contributed by atoms with Gasteiger partial charge in [0, 0.05) is 64.0 Å². The van der Waals surface area contributed by atoms with Crippen LogP contribution in [0.1, 0.15) is 36.9 Å². The highest BCUT2D eigenvalue weighted by molar-refractivity contribution is 5.85. The Morgan fingerprint density at radius 3 is 2.75 bits per heavy atom. The highest BCUT2D eigenvalue weighted by atomic mass is 35.5. The number of carbonyl (C=O) groups excluding carboxylic acids is 1. The number of rotatable bonds is 9. The summed E-state index contributed by atoms with van der Waals surface area (Å²) in [5.74, 6) is 1.71. The van der Waals surface area contributed by atoms with Gasteiger partial charge in [-0.3, -0.25) is 14.7 Å². The van der Waals surface area contributed by atoms with Gasteiger partial charge in [-0.15, -0.1) is 12.4 Å². The minimum Gasteiger partial charge on any atom is -0.345 e. The van der Waals surface area contributed by atoms with Crippen LogP contribution < -0.4 is 5.32 Å². The van der Waals surface area contributed by atoms with E-state index in [0.29, 0.717) is 18.4 Å². The molecule has 32 heavy (non-hydrogen) atoms. The first-order valence-corrected chi connectivity index (χ1v) is 11.8. The van der Waals surface area contributed by atoms with Gasteiger partial charge >= 0.3 is 0 Å². The Morgan fingerprint density at radius 1 is 1.16 bits per heavy atom. The number of piperidine rings is 2. The van der Waals surface area contributed by atoms with Crippen molar-refractivity contribution in [2.45, 2.75) is 44.7 Å². The molecule has 2 saturated heterocycles. The van der Waals surface area contributed by atoms with Crippen molar-refractivity contribution >= 4 is 18.3 Å². The molecule has 2 aliphatic heterocycles. The quantitative estimate of drug-likeness (QED) is 0.623. The number of nitrogens with zero attached hydrogens (tertiary/aromatic N) is 3. The van der Waals surface area contributed by atoms with E-state index in [1.165, 1.54) is 25.1 Å². The fourth-order valence-electron chi connectivity index (χ4n) is 5.20. The second-order valence-electron chi connectivity index (χ2n) is 9.33. The zero-order chi connectivity index (χ0) is 21.5. The molecule has 1 N–H and O–H groups in total. The van der Waals surface area contributed by atoms with Crippen molar-refractivity contribution in [2.24, 2.45) is 11.8 Å². The van der Waals surface area contributed by atoms with Gasteiger partial charge in [0.05, 0.1) is 0 Å². The van der Waals surface area contributed by atoms with E-state index in [1.807, 2.05) is 36.3 Å². The van der Waals surface area contributed by atoms with Crippen LogP contribution in [0.4, 0.5) is 0 Å². The average molecular weight is 457 g/mol. The maximum absolute atomic E-state index is 12.6. The van der Waals surface area contributed by atoms with Crippen molar-refractivity contribution in [1.29, 1.82) is 0 Å². The Balaban J connectivity index is 0.00000289. The first kappa shape index (κ1) is 24.7. The lowest BCUT2D eigenvalue weighted by Crippen LogP contribution is -2.55. The molecule has 3 heterocycles. The van der Waals surface area contributed by atoms with E-state index < -0.39 is 0 Å². The zero-order valence-electron chi connectivity index (χ0n) is 19.2. The Hall–Kier alpha value is -1.95. The van der Waals surface area contributed by atoms with E-state index in [2.05, 4.69) is 45.5 Å². The molecule has 2 bridgehead atoms. The summed E-state index contributed by atoms with van der Waals surface area (Å²) in [6, 6.07) is 17.3. The van der Waals surface area contributed by atoms with Gasteiger partial charge in [0.2, 0.25) is 5.91 Å². The molecule has 5 nitrogen and oxygen atoms in total. The van der Waals surface area contributed by atoms with E-state index in [0.717, 1.165) is 50.5 Å². The van der Waals surface area contributed by atoms with Crippen molar-refractivity contribution < 1.29 is 4.79 Å². The Morgan fingerprint density at radius 2 is 1.97 bits per heavy atom. The molecule has 1 amide bonds. The molecule has 0 unspecified atom stereocenters. The molecule has 0 radical (unpaired) electrons. The standard InChI is InChI=1S/C26H36N4O.ClH/c1-29(15-13-24-10-5-6-14-27-24)26(31)12-7-11-25-23-16-22(17-28-25)19-30(20-23)18-21-8-3-2-4-9-21;/h2-6,8-10,14,22-23,25,28H,7,11-13,15-20H2,1H3;1H/t22-,23-,25+;/m0./s1. The van der Waals surface area contributed by atoms with Crippen LogP contribution in [0.5, 0.6) is 0 Å². The van der Waals surface area contributed by atoms with Crippen molar-refractivity contribution in [3.05, 3.63) is 66.0 Å². The van der Waals surface area contributed by atoms with Crippen LogP contribution in [0, 0.1) is 11.8 Å². The smallest absolute Gasteiger partial charge is 0.222 e. The van der Waals surface area contributed by atoms with Crippen LogP contribution in [-0.2, 0) is 17.8 Å². The number of hydrogen-bond donors (Lipinski definition) is 1. The minimum absolute atomic E-state index is 0. The van der Waals surface area contributed by atoms with Gasteiger partial charge in [0.1, 0.15) is 0 Å². The van der Waals surface area contributed by atoms with E-state index in [-0.39, 0.29) is 18.3 Å². The maximum atomic E-state index is 12.6. The van der Waals surface area contributed by atoms with Crippen LogP contribution in [0.2, 0.25) is 0 Å². The van der Waals surface area contributed by atoms with Crippen molar-refractivity contribution in [3.63, 3.8) is 0 Å². The number of fused-ring (bicyclic) bond motifs is 2. The van der Waals surface area contributed by atoms with Gasteiger partial charge in [-0.05, 0) is 55.3 Å². The molecule has 2 fully saturated rings. The van der Waals surface area contributed by atoms with Crippen LogP contribution >= 0.6 is 12.4 Å². The van der Waals surface area contributed by atoms with Gasteiger partial charge < -0.3 is 10.2 Å². The third-order valence-corrected chi connectivity index (χ3v) is 6.89. The summed E-state index contributed by atoms with van der Waals surface area (Å²) in [7, 11) is 1.91. The maximum Gasteiger partial charge on any atom is 0.222 e. The minimum atomic E-state index is 0. The number of benzene rings is 1. The number of pyridine rings is 1. The zero-order valence-corrected chi connectivity index (χ0v) is 20.0. The SMILES string of the molecule is CN(CCc1ccccn1)C(=O)CCC[C@H]1NC[C@@H]2C[C@H]1CN(Cc1ccccc1)C2.Cl. The third-order valence-electron chi connectivity index (χ3n) is 6.89. The lowest BCUT2D eigenvalue weighted by Gasteiger charge is -2.46. The summed E-state index contributed by atoms with van der Waals surface area (Å²) < 4.78 is 0. The fourth-order valence-corrected chi connectivity index (χ4v) is 5.20. The molecule has 0 spiro atoms. The fraction of sp³-hybridized carbons (Fsp3) is 0.538. The van der Waals surface area contributed by atoms with Gasteiger partial charge in [0.15, 0.2) is 0 Å². The van der Waals surface area contributed by atoms with Gasteiger partial charge in [0.25, 0.3) is 0 Å². The van der Waals surface area contributed by atoms with E-state index in [9.17, 15) is 4.79 Å². The Bertz CT molecular complexity index is 819. The second kappa shape index (κ2) is 12.3. The number of amides is 1. The summed E-state index contributed by atoms with van der Waals surface area (Å²) in [6.07, 6.45) is 6.65. The summed E-state index contributed by atoms with van der Waals surface area (Å²) in [5, 5.41) is 3.80. The topological polar surface area (TPSA) is 48.5 Å². The van der Waals surface area contributed by atoms with Gasteiger partial charge in [-0.1, -0.05) is 36.4 Å².